The van der Waals surface area contributed by atoms with Crippen molar-refractivity contribution in [2.24, 2.45) is 0 Å². The van der Waals surface area contributed by atoms with Crippen molar-refractivity contribution in [1.29, 1.82) is 0 Å². The lowest BCUT2D eigenvalue weighted by Gasteiger charge is -2.11. The molecule has 0 spiro atoms. The van der Waals surface area contributed by atoms with E-state index in [0.717, 1.165) is 16.8 Å². The zero-order valence-electron chi connectivity index (χ0n) is 13.4. The molecule has 0 saturated carbocycles. The molecule has 2 aromatic rings. The summed E-state index contributed by atoms with van der Waals surface area (Å²) in [6.45, 7) is 2.48. The molecule has 0 aliphatic heterocycles. The number of benzene rings is 2. The molecule has 0 atom stereocenters. The molecule has 0 radical (unpaired) electrons. The zero-order chi connectivity index (χ0) is 16.8. The number of aryl methyl sites for hydroxylation is 1. The van der Waals surface area contributed by atoms with Crippen LogP contribution in [0.5, 0.6) is 0 Å². The fourth-order valence-corrected chi connectivity index (χ4v) is 2.18. The quantitative estimate of drug-likeness (QED) is 0.859. The molecule has 0 amide bonds. The average Bonchev–Trinajstić information content (AvgIpc) is 2.59. The summed E-state index contributed by atoms with van der Waals surface area (Å²) in [7, 11) is 2.71. The predicted molar refractivity (Wildman–Crippen MR) is 87.6 cm³/mol. The first kappa shape index (κ1) is 16.5. The third kappa shape index (κ3) is 4.10. The van der Waals surface area contributed by atoms with Gasteiger partial charge in [0.05, 0.1) is 25.3 Å². The van der Waals surface area contributed by atoms with Crippen molar-refractivity contribution < 1.29 is 19.1 Å². The molecule has 0 aliphatic carbocycles. The lowest BCUT2D eigenvalue weighted by atomic mass is 10.1. The molecule has 5 nitrogen and oxygen atoms in total. The smallest absolute Gasteiger partial charge is 0.337 e. The van der Waals surface area contributed by atoms with Crippen molar-refractivity contribution in [3.63, 3.8) is 0 Å². The second-order valence-corrected chi connectivity index (χ2v) is 5.07. The van der Waals surface area contributed by atoms with E-state index in [0.29, 0.717) is 17.7 Å². The van der Waals surface area contributed by atoms with Crippen LogP contribution < -0.4 is 5.32 Å². The molecule has 23 heavy (non-hydrogen) atoms. The van der Waals surface area contributed by atoms with Crippen LogP contribution >= 0.6 is 0 Å². The van der Waals surface area contributed by atoms with Crippen LogP contribution in [0.1, 0.15) is 31.8 Å². The van der Waals surface area contributed by atoms with Crippen LogP contribution in [0.25, 0.3) is 0 Å². The predicted octanol–water partition coefficient (Wildman–Crippen LogP) is 3.18. The average molecular weight is 313 g/mol. The van der Waals surface area contributed by atoms with Crippen LogP contribution in [0.4, 0.5) is 5.69 Å². The maximum atomic E-state index is 11.6. The van der Waals surface area contributed by atoms with Gasteiger partial charge in [-0.25, -0.2) is 9.59 Å². The maximum Gasteiger partial charge on any atom is 0.337 e. The molecule has 2 aromatic carbocycles. The summed E-state index contributed by atoms with van der Waals surface area (Å²) >= 11 is 0. The molecule has 5 heteroatoms. The van der Waals surface area contributed by atoms with Crippen LogP contribution in [0, 0.1) is 6.92 Å². The van der Waals surface area contributed by atoms with Crippen LogP contribution in [0.3, 0.4) is 0 Å². The monoisotopic (exact) mass is 313 g/mol. The molecule has 0 aliphatic rings. The van der Waals surface area contributed by atoms with Gasteiger partial charge in [-0.2, -0.15) is 0 Å². The van der Waals surface area contributed by atoms with Crippen molar-refractivity contribution in [2.45, 2.75) is 13.5 Å². The number of rotatable bonds is 5. The lowest BCUT2D eigenvalue weighted by Crippen LogP contribution is -2.06. The number of hydrogen-bond donors (Lipinski definition) is 1. The fraction of sp³-hybridized carbons (Fsp3) is 0.222. The van der Waals surface area contributed by atoms with E-state index < -0.39 is 0 Å². The van der Waals surface area contributed by atoms with Crippen molar-refractivity contribution in [3.05, 3.63) is 64.7 Å². The van der Waals surface area contributed by atoms with E-state index in [9.17, 15) is 9.59 Å². The summed E-state index contributed by atoms with van der Waals surface area (Å²) < 4.78 is 9.45. The van der Waals surface area contributed by atoms with E-state index in [2.05, 4.69) is 5.32 Å². The number of methoxy groups -OCH3 is 2. The Balaban J connectivity index is 2.14. The second-order valence-electron chi connectivity index (χ2n) is 5.07. The molecule has 0 bridgehead atoms. The van der Waals surface area contributed by atoms with Gasteiger partial charge in [-0.15, -0.1) is 0 Å². The van der Waals surface area contributed by atoms with E-state index in [1.54, 1.807) is 30.3 Å². The molecule has 0 unspecified atom stereocenters. The Morgan fingerprint density at radius 1 is 0.957 bits per heavy atom. The largest absolute Gasteiger partial charge is 0.465 e. The highest BCUT2D eigenvalue weighted by atomic mass is 16.5. The Kier molecular flexibility index (Phi) is 5.36. The number of nitrogens with one attached hydrogen (secondary N) is 1. The number of anilines is 1. The van der Waals surface area contributed by atoms with Gasteiger partial charge >= 0.3 is 11.9 Å². The lowest BCUT2D eigenvalue weighted by molar-refractivity contribution is 0.0592. The standard InChI is InChI=1S/C18H19NO4/c1-12-7-8-15(18(21)23-3)10-16(12)19-11-13-5-4-6-14(9-13)17(20)22-2/h4-10,19H,11H2,1-3H3. The molecular weight excluding hydrogens is 294 g/mol. The first-order chi connectivity index (χ1) is 11.0. The minimum atomic E-state index is -0.374. The van der Waals surface area contributed by atoms with E-state index in [4.69, 9.17) is 9.47 Å². The van der Waals surface area contributed by atoms with Crippen molar-refractivity contribution >= 4 is 17.6 Å². The summed E-state index contributed by atoms with van der Waals surface area (Å²) in [4.78, 5) is 23.2. The zero-order valence-corrected chi connectivity index (χ0v) is 13.4. The minimum Gasteiger partial charge on any atom is -0.465 e. The van der Waals surface area contributed by atoms with Crippen molar-refractivity contribution in [3.8, 4) is 0 Å². The van der Waals surface area contributed by atoms with Gasteiger partial charge in [0.2, 0.25) is 0 Å². The van der Waals surface area contributed by atoms with Gasteiger partial charge in [0, 0.05) is 12.2 Å². The molecule has 0 fully saturated rings. The minimum absolute atomic E-state index is 0.365. The highest BCUT2D eigenvalue weighted by molar-refractivity contribution is 5.91. The molecule has 0 aromatic heterocycles. The van der Waals surface area contributed by atoms with E-state index in [1.165, 1.54) is 14.2 Å². The first-order valence-corrected chi connectivity index (χ1v) is 7.15. The molecule has 2 rings (SSSR count). The summed E-state index contributed by atoms with van der Waals surface area (Å²) in [5.74, 6) is -0.739. The SMILES string of the molecule is COC(=O)c1cccc(CNc2cc(C(=O)OC)ccc2C)c1. The van der Waals surface area contributed by atoms with E-state index in [1.807, 2.05) is 19.1 Å². The Morgan fingerprint density at radius 3 is 2.26 bits per heavy atom. The number of ether oxygens (including phenoxy) is 2. The fourth-order valence-electron chi connectivity index (χ4n) is 2.18. The topological polar surface area (TPSA) is 64.6 Å². The molecular formula is C18H19NO4. The third-order valence-electron chi connectivity index (χ3n) is 3.49. The highest BCUT2D eigenvalue weighted by Gasteiger charge is 2.09. The summed E-state index contributed by atoms with van der Waals surface area (Å²) in [5, 5.41) is 3.27. The molecule has 0 heterocycles. The third-order valence-corrected chi connectivity index (χ3v) is 3.49. The molecule has 0 saturated heterocycles. The Bertz CT molecular complexity index is 725. The van der Waals surface area contributed by atoms with Crippen LogP contribution in [0.15, 0.2) is 42.5 Å². The molecule has 1 N–H and O–H groups in total. The Morgan fingerprint density at radius 2 is 1.61 bits per heavy atom. The van der Waals surface area contributed by atoms with E-state index in [-0.39, 0.29) is 11.9 Å². The van der Waals surface area contributed by atoms with Crippen molar-refractivity contribution in [2.75, 3.05) is 19.5 Å². The van der Waals surface area contributed by atoms with Crippen molar-refractivity contribution in [1.82, 2.24) is 0 Å². The molecule has 120 valence electrons. The number of hydrogen-bond acceptors (Lipinski definition) is 5. The first-order valence-electron chi connectivity index (χ1n) is 7.15. The summed E-state index contributed by atoms with van der Waals surface area (Å²) in [6, 6.07) is 12.5. The summed E-state index contributed by atoms with van der Waals surface area (Å²) in [5.41, 5.74) is 3.80. The van der Waals surface area contributed by atoms with Gasteiger partial charge in [-0.3, -0.25) is 0 Å². The normalized spacial score (nSPS) is 10.0. The van der Waals surface area contributed by atoms with Gasteiger partial charge < -0.3 is 14.8 Å². The van der Waals surface area contributed by atoms with Gasteiger partial charge in [0.15, 0.2) is 0 Å². The number of esters is 2. The van der Waals surface area contributed by atoms with E-state index >= 15 is 0 Å². The van der Waals surface area contributed by atoms with Crippen LogP contribution in [-0.4, -0.2) is 26.2 Å². The van der Waals surface area contributed by atoms with Gasteiger partial charge in [-0.05, 0) is 42.3 Å². The van der Waals surface area contributed by atoms with Crippen LogP contribution in [0.2, 0.25) is 0 Å². The maximum absolute atomic E-state index is 11.6. The van der Waals surface area contributed by atoms with Gasteiger partial charge in [0.25, 0.3) is 0 Å². The number of carbonyl (C=O) groups is 2. The Labute approximate surface area is 135 Å². The van der Waals surface area contributed by atoms with Gasteiger partial charge in [-0.1, -0.05) is 18.2 Å². The Hall–Kier alpha value is -2.82. The second kappa shape index (κ2) is 7.45. The number of carbonyl (C=O) groups excluding carboxylic acids is 2. The van der Waals surface area contributed by atoms with Gasteiger partial charge in [0.1, 0.15) is 0 Å². The summed E-state index contributed by atoms with van der Waals surface area (Å²) in [6.07, 6.45) is 0. The van der Waals surface area contributed by atoms with Crippen LogP contribution in [-0.2, 0) is 16.0 Å². The highest BCUT2D eigenvalue weighted by Crippen LogP contribution is 2.19.